The van der Waals surface area contributed by atoms with Gasteiger partial charge in [-0.3, -0.25) is 4.79 Å². The van der Waals surface area contributed by atoms with Crippen molar-refractivity contribution < 1.29 is 14.7 Å². The van der Waals surface area contributed by atoms with Crippen LogP contribution in [0.15, 0.2) is 24.3 Å². The summed E-state index contributed by atoms with van der Waals surface area (Å²) in [6.07, 6.45) is 0.687. The molecule has 1 amide bonds. The Balaban J connectivity index is 2.45. The number of nitrogens with zero attached hydrogens (tertiary/aromatic N) is 1. The Labute approximate surface area is 136 Å². The maximum Gasteiger partial charge on any atom is 0.326 e. The Bertz CT molecular complexity index is 733. The van der Waals surface area contributed by atoms with Gasteiger partial charge < -0.3 is 15.0 Å². The van der Waals surface area contributed by atoms with Gasteiger partial charge in [-0.2, -0.15) is 0 Å². The summed E-state index contributed by atoms with van der Waals surface area (Å²) >= 11 is 0. The molecule has 2 atom stereocenters. The van der Waals surface area contributed by atoms with E-state index < -0.39 is 12.0 Å². The molecule has 23 heavy (non-hydrogen) atoms. The number of carbonyl (C=O) groups is 2. The van der Waals surface area contributed by atoms with Gasteiger partial charge in [-0.15, -0.1) is 0 Å². The molecule has 1 aromatic carbocycles. The Kier molecular flexibility index (Phi) is 5.08. The van der Waals surface area contributed by atoms with Gasteiger partial charge in [0.15, 0.2) is 0 Å². The summed E-state index contributed by atoms with van der Waals surface area (Å²) in [5.41, 5.74) is 2.42. The van der Waals surface area contributed by atoms with Crippen molar-refractivity contribution in [3.05, 3.63) is 35.5 Å². The first-order valence-electron chi connectivity index (χ1n) is 8.03. The number of fused-ring (bicyclic) bond motifs is 1. The van der Waals surface area contributed by atoms with E-state index in [0.29, 0.717) is 18.7 Å². The maximum atomic E-state index is 12.8. The van der Waals surface area contributed by atoms with Crippen molar-refractivity contribution in [3.63, 3.8) is 0 Å². The molecule has 0 spiro atoms. The molecule has 0 radical (unpaired) electrons. The molecule has 2 aromatic rings. The number of aliphatic carboxylic acids is 1. The Morgan fingerprint density at radius 3 is 2.48 bits per heavy atom. The zero-order valence-corrected chi connectivity index (χ0v) is 14.1. The predicted molar refractivity (Wildman–Crippen MR) is 90.7 cm³/mol. The number of carbonyl (C=O) groups excluding carboxylic acids is 1. The maximum absolute atomic E-state index is 12.8. The van der Waals surface area contributed by atoms with Crippen LogP contribution in [0.25, 0.3) is 10.9 Å². The first kappa shape index (κ1) is 17.1. The summed E-state index contributed by atoms with van der Waals surface area (Å²) in [6, 6.07) is 6.96. The van der Waals surface area contributed by atoms with Crippen molar-refractivity contribution in [1.82, 2.24) is 9.88 Å². The fourth-order valence-corrected chi connectivity index (χ4v) is 2.99. The molecule has 0 aliphatic heterocycles. The molecule has 0 fully saturated rings. The average Bonchev–Trinajstić information content (AvgIpc) is 2.84. The lowest BCUT2D eigenvalue weighted by Gasteiger charge is -2.21. The van der Waals surface area contributed by atoms with Crippen molar-refractivity contribution in [3.8, 4) is 0 Å². The lowest BCUT2D eigenvalue weighted by Crippen LogP contribution is -2.45. The Morgan fingerprint density at radius 1 is 1.26 bits per heavy atom. The van der Waals surface area contributed by atoms with Crippen molar-refractivity contribution in [1.29, 1.82) is 0 Å². The van der Waals surface area contributed by atoms with Gasteiger partial charge in [-0.05, 0) is 31.4 Å². The molecule has 2 rings (SSSR count). The molecule has 5 heteroatoms. The van der Waals surface area contributed by atoms with E-state index in [0.717, 1.165) is 16.5 Å². The number of aryl methyl sites for hydroxylation is 2. The van der Waals surface area contributed by atoms with Crippen molar-refractivity contribution in [2.75, 3.05) is 0 Å². The number of nitrogens with one attached hydrogen (secondary N) is 1. The highest BCUT2D eigenvalue weighted by Gasteiger charge is 2.28. The number of para-hydroxylation sites is 1. The zero-order valence-electron chi connectivity index (χ0n) is 14.1. The van der Waals surface area contributed by atoms with Crippen LogP contribution in [0.1, 0.15) is 43.2 Å². The van der Waals surface area contributed by atoms with Crippen LogP contribution in [-0.2, 0) is 11.3 Å². The molecular weight excluding hydrogens is 292 g/mol. The van der Waals surface area contributed by atoms with Gasteiger partial charge in [0.2, 0.25) is 0 Å². The van der Waals surface area contributed by atoms with E-state index in [2.05, 4.69) is 5.32 Å². The topological polar surface area (TPSA) is 71.3 Å². The van der Waals surface area contributed by atoms with Crippen molar-refractivity contribution in [2.24, 2.45) is 5.92 Å². The van der Waals surface area contributed by atoms with E-state index in [4.69, 9.17) is 0 Å². The van der Waals surface area contributed by atoms with Crippen LogP contribution in [-0.4, -0.2) is 27.6 Å². The van der Waals surface area contributed by atoms with Gasteiger partial charge in [-0.25, -0.2) is 4.79 Å². The molecule has 0 saturated heterocycles. The highest BCUT2D eigenvalue weighted by Crippen LogP contribution is 2.25. The van der Waals surface area contributed by atoms with Crippen LogP contribution in [0.5, 0.6) is 0 Å². The van der Waals surface area contributed by atoms with Gasteiger partial charge in [0.25, 0.3) is 5.91 Å². The quantitative estimate of drug-likeness (QED) is 0.859. The van der Waals surface area contributed by atoms with Gasteiger partial charge in [0.05, 0.1) is 0 Å². The summed E-state index contributed by atoms with van der Waals surface area (Å²) in [5.74, 6) is -1.45. The summed E-state index contributed by atoms with van der Waals surface area (Å²) < 4.78 is 1.94. The van der Waals surface area contributed by atoms with Gasteiger partial charge in [0.1, 0.15) is 11.7 Å². The Morgan fingerprint density at radius 2 is 1.91 bits per heavy atom. The molecule has 1 heterocycles. The number of hydrogen-bond donors (Lipinski definition) is 2. The predicted octanol–water partition coefficient (Wildman–Crippen LogP) is 3.20. The minimum Gasteiger partial charge on any atom is -0.480 e. The normalized spacial score (nSPS) is 13.7. The summed E-state index contributed by atoms with van der Waals surface area (Å²) in [4.78, 5) is 24.2. The largest absolute Gasteiger partial charge is 0.480 e. The molecule has 0 aliphatic rings. The third kappa shape index (κ3) is 3.09. The second kappa shape index (κ2) is 6.86. The lowest BCUT2D eigenvalue weighted by atomic mass is 9.99. The van der Waals surface area contributed by atoms with E-state index >= 15 is 0 Å². The number of aromatic nitrogens is 1. The first-order chi connectivity index (χ1) is 10.9. The lowest BCUT2D eigenvalue weighted by molar-refractivity contribution is -0.140. The van der Waals surface area contributed by atoms with Crippen LogP contribution in [0, 0.1) is 12.8 Å². The standard InChI is InChI=1S/C18H24N2O3/c1-5-11(3)15(18(22)23)19-17(21)16-12(4)13-9-7-8-10-14(13)20(16)6-2/h7-11,15H,5-6H2,1-4H3,(H,19,21)(H,22,23). The fraction of sp³-hybridized carbons (Fsp3) is 0.444. The monoisotopic (exact) mass is 316 g/mol. The summed E-state index contributed by atoms with van der Waals surface area (Å²) in [6.45, 7) is 8.29. The molecule has 2 unspecified atom stereocenters. The third-order valence-corrected chi connectivity index (χ3v) is 4.52. The van der Waals surface area contributed by atoms with Crippen LogP contribution in [0.4, 0.5) is 0 Å². The van der Waals surface area contributed by atoms with E-state index in [1.54, 1.807) is 0 Å². The number of rotatable bonds is 6. The van der Waals surface area contributed by atoms with E-state index in [1.165, 1.54) is 0 Å². The molecular formula is C18H24N2O3. The van der Waals surface area contributed by atoms with Crippen LogP contribution < -0.4 is 5.32 Å². The summed E-state index contributed by atoms with van der Waals surface area (Å²) in [5, 5.41) is 13.1. The summed E-state index contributed by atoms with van der Waals surface area (Å²) in [7, 11) is 0. The second-order valence-electron chi connectivity index (χ2n) is 5.91. The molecule has 2 N–H and O–H groups in total. The molecule has 1 aromatic heterocycles. The van der Waals surface area contributed by atoms with Crippen molar-refractivity contribution >= 4 is 22.8 Å². The highest BCUT2D eigenvalue weighted by atomic mass is 16.4. The van der Waals surface area contributed by atoms with Gasteiger partial charge >= 0.3 is 5.97 Å². The third-order valence-electron chi connectivity index (χ3n) is 4.52. The van der Waals surface area contributed by atoms with E-state index in [-0.39, 0.29) is 11.8 Å². The molecule has 0 saturated carbocycles. The molecule has 0 aliphatic carbocycles. The number of amides is 1. The SMILES string of the molecule is CCC(C)C(NC(=O)c1c(C)c2ccccc2n1CC)C(=O)O. The Hall–Kier alpha value is -2.30. The number of hydrogen-bond acceptors (Lipinski definition) is 2. The number of benzene rings is 1. The molecule has 5 nitrogen and oxygen atoms in total. The van der Waals surface area contributed by atoms with Crippen LogP contribution >= 0.6 is 0 Å². The minimum atomic E-state index is -0.996. The molecule has 0 bridgehead atoms. The fourth-order valence-electron chi connectivity index (χ4n) is 2.99. The second-order valence-corrected chi connectivity index (χ2v) is 5.91. The smallest absolute Gasteiger partial charge is 0.326 e. The highest BCUT2D eigenvalue weighted by molar-refractivity contribution is 6.02. The molecule has 124 valence electrons. The van der Waals surface area contributed by atoms with Gasteiger partial charge in [0, 0.05) is 17.4 Å². The van der Waals surface area contributed by atoms with Crippen LogP contribution in [0.3, 0.4) is 0 Å². The van der Waals surface area contributed by atoms with Crippen LogP contribution in [0.2, 0.25) is 0 Å². The van der Waals surface area contributed by atoms with E-state index in [9.17, 15) is 14.7 Å². The average molecular weight is 316 g/mol. The number of carboxylic acid groups (broad SMARTS) is 1. The van der Waals surface area contributed by atoms with Crippen molar-refractivity contribution in [2.45, 2.75) is 46.7 Å². The van der Waals surface area contributed by atoms with Gasteiger partial charge in [-0.1, -0.05) is 38.5 Å². The number of carboxylic acids is 1. The van der Waals surface area contributed by atoms with E-state index in [1.807, 2.05) is 56.5 Å². The zero-order chi connectivity index (χ0) is 17.1. The minimum absolute atomic E-state index is 0.129. The first-order valence-corrected chi connectivity index (χ1v) is 8.03.